The van der Waals surface area contributed by atoms with Gasteiger partial charge in [0, 0.05) is 5.56 Å². The molecule has 3 aromatic rings. The molecule has 0 N–H and O–H groups in total. The molecule has 0 spiro atoms. The molecule has 0 bridgehead atoms. The largest absolute Gasteiger partial charge is 0.497 e. The minimum absolute atomic E-state index is 0.115. The van der Waals surface area contributed by atoms with Crippen molar-refractivity contribution >= 4 is 5.90 Å². The van der Waals surface area contributed by atoms with E-state index < -0.39 is 0 Å². The lowest BCUT2D eigenvalue weighted by molar-refractivity contribution is 0.275. The van der Waals surface area contributed by atoms with Gasteiger partial charge < -0.3 is 14.2 Å². The maximum atomic E-state index is 5.99. The fourth-order valence-electron chi connectivity index (χ4n) is 3.84. The van der Waals surface area contributed by atoms with Gasteiger partial charge in [0.05, 0.1) is 20.3 Å². The first kappa shape index (κ1) is 20.0. The molecule has 30 heavy (non-hydrogen) atoms. The molecule has 0 radical (unpaired) electrons. The third kappa shape index (κ3) is 4.82. The standard InChI is InChI=1S/C26H27NO3/c1-28-23-12-8-19(9-13-23)16-22(17-20-10-14-24(29-2)15-11-20)25-18-30-26(27-25)21-6-4-3-5-7-21/h3-15,22,25H,16-18H2,1-2H3/t25-/m1/s1. The van der Waals surface area contributed by atoms with Crippen LogP contribution in [-0.4, -0.2) is 32.8 Å². The van der Waals surface area contributed by atoms with Crippen molar-refractivity contribution in [3.8, 4) is 11.5 Å². The van der Waals surface area contributed by atoms with E-state index in [9.17, 15) is 0 Å². The second-order valence-electron chi connectivity index (χ2n) is 7.54. The predicted molar refractivity (Wildman–Crippen MR) is 120 cm³/mol. The van der Waals surface area contributed by atoms with Gasteiger partial charge in [-0.15, -0.1) is 0 Å². The Bertz CT molecular complexity index is 916. The lowest BCUT2D eigenvalue weighted by atomic mass is 9.87. The van der Waals surface area contributed by atoms with Gasteiger partial charge in [0.1, 0.15) is 18.1 Å². The summed E-state index contributed by atoms with van der Waals surface area (Å²) in [5, 5.41) is 0. The second kappa shape index (κ2) is 9.49. The van der Waals surface area contributed by atoms with E-state index in [4.69, 9.17) is 19.2 Å². The van der Waals surface area contributed by atoms with E-state index in [0.29, 0.717) is 12.5 Å². The summed E-state index contributed by atoms with van der Waals surface area (Å²) in [4.78, 5) is 4.96. The van der Waals surface area contributed by atoms with Gasteiger partial charge in [-0.05, 0) is 66.3 Å². The smallest absolute Gasteiger partial charge is 0.216 e. The number of aliphatic imine (C=N–C) groups is 1. The van der Waals surface area contributed by atoms with Crippen LogP contribution in [0.25, 0.3) is 0 Å². The Morgan fingerprint density at radius 3 is 1.83 bits per heavy atom. The van der Waals surface area contributed by atoms with Gasteiger partial charge in [-0.2, -0.15) is 0 Å². The molecular weight excluding hydrogens is 374 g/mol. The van der Waals surface area contributed by atoms with Crippen LogP contribution in [0.2, 0.25) is 0 Å². The van der Waals surface area contributed by atoms with E-state index in [1.165, 1.54) is 11.1 Å². The highest BCUT2D eigenvalue weighted by atomic mass is 16.5. The van der Waals surface area contributed by atoms with Gasteiger partial charge in [0.25, 0.3) is 0 Å². The van der Waals surface area contributed by atoms with Gasteiger partial charge in [-0.25, -0.2) is 4.99 Å². The molecular formula is C26H27NO3. The van der Waals surface area contributed by atoms with Crippen molar-refractivity contribution in [3.63, 3.8) is 0 Å². The Kier molecular flexibility index (Phi) is 6.33. The predicted octanol–water partition coefficient (Wildman–Crippen LogP) is 4.95. The van der Waals surface area contributed by atoms with Crippen LogP contribution in [0.3, 0.4) is 0 Å². The lowest BCUT2D eigenvalue weighted by Gasteiger charge is -2.21. The summed E-state index contributed by atoms with van der Waals surface area (Å²) in [6, 6.07) is 26.9. The third-order valence-electron chi connectivity index (χ3n) is 5.55. The van der Waals surface area contributed by atoms with E-state index in [2.05, 4.69) is 24.3 Å². The highest BCUT2D eigenvalue weighted by Gasteiger charge is 2.28. The zero-order valence-corrected chi connectivity index (χ0v) is 17.5. The number of methoxy groups -OCH3 is 2. The fraction of sp³-hybridized carbons (Fsp3) is 0.269. The number of hydrogen-bond acceptors (Lipinski definition) is 4. The lowest BCUT2D eigenvalue weighted by Crippen LogP contribution is -2.24. The Morgan fingerprint density at radius 1 is 0.800 bits per heavy atom. The molecule has 1 atom stereocenters. The first-order valence-corrected chi connectivity index (χ1v) is 10.3. The molecule has 4 heteroatoms. The number of hydrogen-bond donors (Lipinski definition) is 0. The number of nitrogens with zero attached hydrogens (tertiary/aromatic N) is 1. The van der Waals surface area contributed by atoms with Crippen LogP contribution in [0, 0.1) is 5.92 Å². The summed E-state index contributed by atoms with van der Waals surface area (Å²) in [5.74, 6) is 2.82. The quantitative estimate of drug-likeness (QED) is 0.536. The number of ether oxygens (including phenoxy) is 3. The molecule has 0 aliphatic carbocycles. The summed E-state index contributed by atoms with van der Waals surface area (Å²) in [7, 11) is 3.38. The van der Waals surface area contributed by atoms with Crippen molar-refractivity contribution in [3.05, 3.63) is 95.6 Å². The molecule has 1 aliphatic rings. The first-order valence-electron chi connectivity index (χ1n) is 10.3. The van der Waals surface area contributed by atoms with Crippen molar-refractivity contribution < 1.29 is 14.2 Å². The molecule has 1 heterocycles. The zero-order chi connectivity index (χ0) is 20.8. The molecule has 4 rings (SSSR count). The van der Waals surface area contributed by atoms with Crippen molar-refractivity contribution in [2.24, 2.45) is 10.9 Å². The summed E-state index contributed by atoms with van der Waals surface area (Å²) < 4.78 is 16.6. The van der Waals surface area contributed by atoms with Gasteiger partial charge in [0.2, 0.25) is 5.90 Å². The Hall–Kier alpha value is -3.27. The second-order valence-corrected chi connectivity index (χ2v) is 7.54. The van der Waals surface area contributed by atoms with Gasteiger partial charge in [-0.1, -0.05) is 42.5 Å². The normalized spacial score (nSPS) is 15.6. The topological polar surface area (TPSA) is 40.0 Å². The summed E-state index contributed by atoms with van der Waals surface area (Å²) in [5.41, 5.74) is 3.59. The molecule has 3 aromatic carbocycles. The van der Waals surface area contributed by atoms with E-state index >= 15 is 0 Å². The molecule has 0 fully saturated rings. The van der Waals surface area contributed by atoms with Crippen LogP contribution in [0.4, 0.5) is 0 Å². The number of benzene rings is 3. The molecule has 0 aromatic heterocycles. The third-order valence-corrected chi connectivity index (χ3v) is 5.55. The molecule has 1 aliphatic heterocycles. The fourth-order valence-corrected chi connectivity index (χ4v) is 3.84. The Morgan fingerprint density at radius 2 is 1.33 bits per heavy atom. The zero-order valence-electron chi connectivity index (χ0n) is 17.5. The van der Waals surface area contributed by atoms with Gasteiger partial charge in [0.15, 0.2) is 0 Å². The maximum Gasteiger partial charge on any atom is 0.216 e. The molecule has 154 valence electrons. The number of rotatable bonds is 8. The van der Waals surface area contributed by atoms with Crippen molar-refractivity contribution in [1.29, 1.82) is 0 Å². The van der Waals surface area contributed by atoms with E-state index in [-0.39, 0.29) is 6.04 Å². The minimum atomic E-state index is 0.115. The molecule has 0 saturated carbocycles. The average Bonchev–Trinajstić information content (AvgIpc) is 3.30. The molecule has 0 amide bonds. The average molecular weight is 402 g/mol. The summed E-state index contributed by atoms with van der Waals surface area (Å²) in [6.45, 7) is 0.612. The monoisotopic (exact) mass is 401 g/mol. The van der Waals surface area contributed by atoms with Gasteiger partial charge in [-0.3, -0.25) is 0 Å². The van der Waals surface area contributed by atoms with E-state index in [1.807, 2.05) is 54.6 Å². The van der Waals surface area contributed by atoms with Crippen molar-refractivity contribution in [2.45, 2.75) is 18.9 Å². The SMILES string of the molecule is COc1ccc(CC(Cc2ccc(OC)cc2)[C@H]2COC(c3ccccc3)=N2)cc1. The van der Waals surface area contributed by atoms with Crippen LogP contribution in [-0.2, 0) is 17.6 Å². The maximum absolute atomic E-state index is 5.99. The van der Waals surface area contributed by atoms with E-state index in [1.54, 1.807) is 14.2 Å². The summed E-state index contributed by atoms with van der Waals surface area (Å²) >= 11 is 0. The Balaban J connectivity index is 1.56. The van der Waals surface area contributed by atoms with E-state index in [0.717, 1.165) is 35.8 Å². The van der Waals surface area contributed by atoms with Crippen LogP contribution < -0.4 is 9.47 Å². The highest BCUT2D eigenvalue weighted by molar-refractivity contribution is 5.95. The molecule has 0 saturated heterocycles. The van der Waals surface area contributed by atoms with Crippen LogP contribution >= 0.6 is 0 Å². The first-order chi connectivity index (χ1) is 14.7. The van der Waals surface area contributed by atoms with Crippen molar-refractivity contribution in [2.75, 3.05) is 20.8 Å². The molecule has 0 unspecified atom stereocenters. The highest BCUT2D eigenvalue weighted by Crippen LogP contribution is 2.26. The summed E-state index contributed by atoms with van der Waals surface area (Å²) in [6.07, 6.45) is 1.85. The van der Waals surface area contributed by atoms with Crippen LogP contribution in [0.1, 0.15) is 16.7 Å². The minimum Gasteiger partial charge on any atom is -0.497 e. The Labute approximate surface area is 178 Å². The molecule has 4 nitrogen and oxygen atoms in total. The van der Waals surface area contributed by atoms with Crippen LogP contribution in [0.5, 0.6) is 11.5 Å². The van der Waals surface area contributed by atoms with Crippen LogP contribution in [0.15, 0.2) is 83.9 Å². The van der Waals surface area contributed by atoms with Gasteiger partial charge >= 0.3 is 0 Å². The van der Waals surface area contributed by atoms with Crippen molar-refractivity contribution in [1.82, 2.24) is 0 Å².